The maximum Gasteiger partial charge on any atom is 0.224 e. The monoisotopic (exact) mass is 413 g/mol. The van der Waals surface area contributed by atoms with Crippen molar-refractivity contribution in [3.63, 3.8) is 0 Å². The first-order valence-electron chi connectivity index (χ1n) is 12.2. The van der Waals surface area contributed by atoms with Gasteiger partial charge in [-0.25, -0.2) is 0 Å². The van der Waals surface area contributed by atoms with Gasteiger partial charge >= 0.3 is 0 Å². The summed E-state index contributed by atoms with van der Waals surface area (Å²) in [5, 5.41) is 11.0. The van der Waals surface area contributed by atoms with E-state index < -0.39 is 0 Å². The molecule has 1 N–H and O–H groups in total. The third kappa shape index (κ3) is 5.83. The van der Waals surface area contributed by atoms with Gasteiger partial charge in [-0.3, -0.25) is 19.5 Å². The van der Waals surface area contributed by atoms with Crippen LogP contribution in [0.4, 0.5) is 0 Å². The molecule has 0 spiro atoms. The van der Waals surface area contributed by atoms with Gasteiger partial charge in [0.2, 0.25) is 5.43 Å². The van der Waals surface area contributed by atoms with E-state index in [9.17, 15) is 9.90 Å². The van der Waals surface area contributed by atoms with Crippen molar-refractivity contribution in [2.45, 2.75) is 77.4 Å². The van der Waals surface area contributed by atoms with E-state index >= 15 is 0 Å². The first-order chi connectivity index (χ1) is 14.7. The largest absolute Gasteiger partial charge is 0.504 e. The number of aromatic hydroxyl groups is 1. The Bertz CT molecular complexity index is 749. The van der Waals surface area contributed by atoms with Crippen LogP contribution >= 0.6 is 0 Å². The fraction of sp³-hybridized carbons (Fsp3) is 0.720. The molecule has 3 aliphatic rings. The Balaban J connectivity index is 1.62. The van der Waals surface area contributed by atoms with Crippen LogP contribution in [0.2, 0.25) is 0 Å². The quantitative estimate of drug-likeness (QED) is 0.770. The summed E-state index contributed by atoms with van der Waals surface area (Å²) in [6.07, 6.45) is 11.3. The standard InChI is InChI=1S/C25H39N3O2/c29-24-22(19-27-12-6-2-7-13-27)16-21(18-26-10-4-1-5-11-26)17-23(25(24)30)20-28-14-8-3-9-15-28/h16-17H,1-15,18-20H2,(H,29,30). The molecule has 0 aromatic heterocycles. The van der Waals surface area contributed by atoms with E-state index in [-0.39, 0.29) is 11.2 Å². The van der Waals surface area contributed by atoms with Crippen molar-refractivity contribution in [2.75, 3.05) is 39.3 Å². The number of hydrogen-bond donors (Lipinski definition) is 1. The van der Waals surface area contributed by atoms with Gasteiger partial charge in [0, 0.05) is 30.8 Å². The van der Waals surface area contributed by atoms with Crippen molar-refractivity contribution < 1.29 is 5.11 Å². The van der Waals surface area contributed by atoms with Gasteiger partial charge in [-0.1, -0.05) is 19.3 Å². The second-order valence-electron chi connectivity index (χ2n) is 9.60. The third-order valence-electron chi connectivity index (χ3n) is 7.07. The minimum atomic E-state index is -0.155. The van der Waals surface area contributed by atoms with Gasteiger partial charge in [0.1, 0.15) is 0 Å². The molecule has 3 saturated heterocycles. The Labute approximate surface area is 181 Å². The van der Waals surface area contributed by atoms with Crippen LogP contribution in [0.3, 0.4) is 0 Å². The van der Waals surface area contributed by atoms with Gasteiger partial charge in [0.05, 0.1) is 0 Å². The van der Waals surface area contributed by atoms with Crippen LogP contribution in [0.1, 0.15) is 74.5 Å². The Morgan fingerprint density at radius 2 is 1.00 bits per heavy atom. The highest BCUT2D eigenvalue weighted by Gasteiger charge is 2.19. The molecule has 0 aliphatic carbocycles. The summed E-state index contributed by atoms with van der Waals surface area (Å²) in [6, 6.07) is 4.23. The van der Waals surface area contributed by atoms with Gasteiger partial charge in [-0.05, 0) is 95.5 Å². The highest BCUT2D eigenvalue weighted by atomic mass is 16.3. The van der Waals surface area contributed by atoms with Crippen molar-refractivity contribution in [3.8, 4) is 5.75 Å². The minimum absolute atomic E-state index is 0.0162. The maximum absolute atomic E-state index is 13.2. The smallest absolute Gasteiger partial charge is 0.224 e. The van der Waals surface area contributed by atoms with Crippen molar-refractivity contribution in [3.05, 3.63) is 39.0 Å². The van der Waals surface area contributed by atoms with Crippen molar-refractivity contribution in [1.82, 2.24) is 14.7 Å². The SMILES string of the molecule is O=c1c(CN2CCCCC2)cc(CN2CCCCC2)cc(CN2CCCCC2)c1O. The van der Waals surface area contributed by atoms with Crippen LogP contribution in [0.25, 0.3) is 0 Å². The molecule has 5 heteroatoms. The third-order valence-corrected chi connectivity index (χ3v) is 7.07. The molecular formula is C25H39N3O2. The van der Waals surface area contributed by atoms with E-state index in [1.54, 1.807) is 0 Å². The fourth-order valence-corrected chi connectivity index (χ4v) is 5.34. The predicted molar refractivity (Wildman–Crippen MR) is 122 cm³/mol. The molecule has 166 valence electrons. The predicted octanol–water partition coefficient (Wildman–Crippen LogP) is 3.71. The number of rotatable bonds is 6. The van der Waals surface area contributed by atoms with Crippen LogP contribution in [-0.4, -0.2) is 59.1 Å². The molecular weight excluding hydrogens is 374 g/mol. The summed E-state index contributed by atoms with van der Waals surface area (Å²) in [6.45, 7) is 8.75. The Hall–Kier alpha value is -1.43. The second-order valence-corrected chi connectivity index (χ2v) is 9.60. The normalized spacial score (nSPS) is 22.3. The zero-order chi connectivity index (χ0) is 20.8. The Morgan fingerprint density at radius 3 is 1.50 bits per heavy atom. The molecule has 1 aromatic rings. The molecule has 0 amide bonds. The number of piperidine rings is 3. The lowest BCUT2D eigenvalue weighted by Gasteiger charge is -2.27. The van der Waals surface area contributed by atoms with Crippen molar-refractivity contribution in [2.24, 2.45) is 0 Å². The van der Waals surface area contributed by atoms with E-state index in [4.69, 9.17) is 0 Å². The summed E-state index contributed by atoms with van der Waals surface area (Å²) in [5.41, 5.74) is 2.62. The van der Waals surface area contributed by atoms with Gasteiger partial charge in [-0.2, -0.15) is 0 Å². The highest BCUT2D eigenvalue weighted by molar-refractivity contribution is 5.38. The summed E-state index contributed by atoms with van der Waals surface area (Å²) < 4.78 is 0. The lowest BCUT2D eigenvalue weighted by Crippen LogP contribution is -2.31. The fourth-order valence-electron chi connectivity index (χ4n) is 5.34. The molecule has 30 heavy (non-hydrogen) atoms. The average molecular weight is 414 g/mol. The molecule has 3 fully saturated rings. The number of nitrogens with zero attached hydrogens (tertiary/aromatic N) is 3. The van der Waals surface area contributed by atoms with Gasteiger partial charge in [0.15, 0.2) is 5.75 Å². The Morgan fingerprint density at radius 1 is 0.600 bits per heavy atom. The van der Waals surface area contributed by atoms with E-state index in [0.717, 1.165) is 56.9 Å². The highest BCUT2D eigenvalue weighted by Crippen LogP contribution is 2.22. The van der Waals surface area contributed by atoms with E-state index in [1.165, 1.54) is 63.4 Å². The number of hydrogen-bond acceptors (Lipinski definition) is 5. The van der Waals surface area contributed by atoms with Crippen molar-refractivity contribution in [1.29, 1.82) is 0 Å². The molecule has 0 atom stereocenters. The van der Waals surface area contributed by atoms with Crippen LogP contribution < -0.4 is 5.43 Å². The van der Waals surface area contributed by atoms with E-state index in [2.05, 4.69) is 26.8 Å². The molecule has 4 rings (SSSR count). The topological polar surface area (TPSA) is 47.0 Å². The minimum Gasteiger partial charge on any atom is -0.504 e. The van der Waals surface area contributed by atoms with E-state index in [0.29, 0.717) is 13.1 Å². The molecule has 0 radical (unpaired) electrons. The molecule has 3 aliphatic heterocycles. The van der Waals surface area contributed by atoms with Crippen LogP contribution in [-0.2, 0) is 19.6 Å². The molecule has 0 unspecified atom stereocenters. The van der Waals surface area contributed by atoms with Crippen LogP contribution in [0, 0.1) is 0 Å². The molecule has 0 saturated carbocycles. The molecule has 1 aromatic carbocycles. The van der Waals surface area contributed by atoms with Crippen LogP contribution in [0.5, 0.6) is 5.75 Å². The lowest BCUT2D eigenvalue weighted by molar-refractivity contribution is 0.216. The van der Waals surface area contributed by atoms with Gasteiger partial charge in [-0.15, -0.1) is 0 Å². The first-order valence-corrected chi connectivity index (χ1v) is 12.2. The molecule has 0 bridgehead atoms. The average Bonchev–Trinajstić information content (AvgIpc) is 2.88. The first kappa shape index (κ1) is 21.8. The maximum atomic E-state index is 13.2. The van der Waals surface area contributed by atoms with Crippen LogP contribution in [0.15, 0.2) is 16.9 Å². The molecule has 3 heterocycles. The Kier molecular flexibility index (Phi) is 7.80. The summed E-state index contributed by atoms with van der Waals surface area (Å²) >= 11 is 0. The van der Waals surface area contributed by atoms with E-state index in [1.807, 2.05) is 0 Å². The van der Waals surface area contributed by atoms with Crippen molar-refractivity contribution >= 4 is 0 Å². The summed E-state index contributed by atoms with van der Waals surface area (Å²) in [5.74, 6) is -0.0162. The zero-order valence-corrected chi connectivity index (χ0v) is 18.6. The summed E-state index contributed by atoms with van der Waals surface area (Å²) in [4.78, 5) is 20.5. The zero-order valence-electron chi connectivity index (χ0n) is 18.6. The molecule has 5 nitrogen and oxygen atoms in total. The van der Waals surface area contributed by atoms with Gasteiger partial charge < -0.3 is 5.11 Å². The lowest BCUT2D eigenvalue weighted by atomic mass is 10.1. The van der Waals surface area contributed by atoms with Gasteiger partial charge in [0.25, 0.3) is 0 Å². The number of likely N-dealkylation sites (tertiary alicyclic amines) is 3. The summed E-state index contributed by atoms with van der Waals surface area (Å²) in [7, 11) is 0. The second kappa shape index (κ2) is 10.7.